The van der Waals surface area contributed by atoms with Crippen molar-refractivity contribution in [2.45, 2.75) is 26.9 Å². The molecule has 0 saturated carbocycles. The van der Waals surface area contributed by atoms with Gasteiger partial charge >= 0.3 is 0 Å². The standard InChI is InChI=1S/C14H22BrNO2/c1-4-16(8-9-18-5-2)14-7-6-12(15)10-13(14)11(3)17/h6-7,10-11,17H,4-5,8-9H2,1-3H3. The molecule has 102 valence electrons. The van der Waals surface area contributed by atoms with Crippen molar-refractivity contribution in [1.82, 2.24) is 0 Å². The van der Waals surface area contributed by atoms with Crippen molar-refractivity contribution >= 4 is 21.6 Å². The topological polar surface area (TPSA) is 32.7 Å². The first-order valence-electron chi connectivity index (χ1n) is 6.40. The maximum Gasteiger partial charge on any atom is 0.0782 e. The number of benzene rings is 1. The Morgan fingerprint density at radius 1 is 1.39 bits per heavy atom. The van der Waals surface area contributed by atoms with Crippen molar-refractivity contribution in [3.63, 3.8) is 0 Å². The summed E-state index contributed by atoms with van der Waals surface area (Å²) < 4.78 is 6.39. The fourth-order valence-corrected chi connectivity index (χ4v) is 2.29. The number of aliphatic hydroxyl groups excluding tert-OH is 1. The molecule has 1 atom stereocenters. The second kappa shape index (κ2) is 7.77. The highest BCUT2D eigenvalue weighted by Gasteiger charge is 2.13. The van der Waals surface area contributed by atoms with Crippen LogP contribution in [-0.4, -0.2) is 31.4 Å². The molecular weight excluding hydrogens is 294 g/mol. The number of aliphatic hydroxyl groups is 1. The Morgan fingerprint density at radius 3 is 2.67 bits per heavy atom. The second-order valence-corrected chi connectivity index (χ2v) is 5.07. The van der Waals surface area contributed by atoms with E-state index in [1.54, 1.807) is 6.92 Å². The summed E-state index contributed by atoms with van der Waals surface area (Å²) in [5.41, 5.74) is 2.03. The van der Waals surface area contributed by atoms with Gasteiger partial charge in [-0.3, -0.25) is 0 Å². The molecule has 0 aliphatic rings. The first-order valence-corrected chi connectivity index (χ1v) is 7.19. The minimum Gasteiger partial charge on any atom is -0.389 e. The summed E-state index contributed by atoms with van der Waals surface area (Å²) in [6, 6.07) is 6.02. The number of likely N-dealkylation sites (N-methyl/N-ethyl adjacent to an activating group) is 1. The molecule has 1 rings (SSSR count). The van der Waals surface area contributed by atoms with Crippen molar-refractivity contribution in [1.29, 1.82) is 0 Å². The molecule has 1 aromatic carbocycles. The van der Waals surface area contributed by atoms with Crippen LogP contribution >= 0.6 is 15.9 Å². The zero-order valence-corrected chi connectivity index (χ0v) is 12.9. The first kappa shape index (κ1) is 15.5. The molecule has 1 aromatic rings. The molecule has 0 radical (unpaired) electrons. The third-order valence-electron chi connectivity index (χ3n) is 2.87. The van der Waals surface area contributed by atoms with Crippen LogP contribution in [0.2, 0.25) is 0 Å². The van der Waals surface area contributed by atoms with Crippen LogP contribution in [0.15, 0.2) is 22.7 Å². The SMILES string of the molecule is CCOCCN(CC)c1ccc(Br)cc1C(C)O. The predicted molar refractivity (Wildman–Crippen MR) is 79.2 cm³/mol. The minimum atomic E-state index is -0.473. The van der Waals surface area contributed by atoms with E-state index in [0.29, 0.717) is 6.61 Å². The third-order valence-corrected chi connectivity index (χ3v) is 3.36. The van der Waals surface area contributed by atoms with Gasteiger partial charge in [0.25, 0.3) is 0 Å². The van der Waals surface area contributed by atoms with Gasteiger partial charge in [-0.05, 0) is 39.0 Å². The quantitative estimate of drug-likeness (QED) is 0.783. The van der Waals surface area contributed by atoms with Crippen LogP contribution in [0.5, 0.6) is 0 Å². The molecule has 0 amide bonds. The minimum absolute atomic E-state index is 0.473. The second-order valence-electron chi connectivity index (χ2n) is 4.16. The Labute approximate surface area is 118 Å². The highest BCUT2D eigenvalue weighted by atomic mass is 79.9. The lowest BCUT2D eigenvalue weighted by Gasteiger charge is -2.26. The molecule has 0 heterocycles. The summed E-state index contributed by atoms with van der Waals surface area (Å²) in [6.07, 6.45) is -0.473. The van der Waals surface area contributed by atoms with Gasteiger partial charge in [-0.25, -0.2) is 0 Å². The lowest BCUT2D eigenvalue weighted by atomic mass is 10.1. The van der Waals surface area contributed by atoms with Crippen molar-refractivity contribution in [3.05, 3.63) is 28.2 Å². The monoisotopic (exact) mass is 315 g/mol. The summed E-state index contributed by atoms with van der Waals surface area (Å²) in [7, 11) is 0. The number of rotatable bonds is 7. The van der Waals surface area contributed by atoms with E-state index >= 15 is 0 Å². The Morgan fingerprint density at radius 2 is 2.11 bits per heavy atom. The Bertz CT molecular complexity index is 369. The smallest absolute Gasteiger partial charge is 0.0782 e. The highest BCUT2D eigenvalue weighted by Crippen LogP contribution is 2.29. The van der Waals surface area contributed by atoms with Gasteiger partial charge in [0.2, 0.25) is 0 Å². The number of hydrogen-bond acceptors (Lipinski definition) is 3. The largest absolute Gasteiger partial charge is 0.389 e. The van der Waals surface area contributed by atoms with Gasteiger partial charge in [0, 0.05) is 35.4 Å². The van der Waals surface area contributed by atoms with Crippen LogP contribution in [0.25, 0.3) is 0 Å². The number of halogens is 1. The lowest BCUT2D eigenvalue weighted by molar-refractivity contribution is 0.153. The molecule has 0 saturated heterocycles. The van der Waals surface area contributed by atoms with E-state index in [9.17, 15) is 5.11 Å². The van der Waals surface area contributed by atoms with E-state index in [0.717, 1.165) is 35.4 Å². The third kappa shape index (κ3) is 4.26. The number of nitrogens with zero attached hydrogens (tertiary/aromatic N) is 1. The maximum atomic E-state index is 9.87. The zero-order valence-electron chi connectivity index (χ0n) is 11.3. The fraction of sp³-hybridized carbons (Fsp3) is 0.571. The van der Waals surface area contributed by atoms with Crippen LogP contribution in [0.3, 0.4) is 0 Å². The Balaban J connectivity index is 2.90. The Hall–Kier alpha value is -0.580. The van der Waals surface area contributed by atoms with Gasteiger partial charge in [-0.15, -0.1) is 0 Å². The molecule has 18 heavy (non-hydrogen) atoms. The van der Waals surface area contributed by atoms with E-state index in [-0.39, 0.29) is 0 Å². The predicted octanol–water partition coefficient (Wildman–Crippen LogP) is 3.37. The first-order chi connectivity index (χ1) is 8.60. The summed E-state index contributed by atoms with van der Waals surface area (Å²) >= 11 is 3.45. The highest BCUT2D eigenvalue weighted by molar-refractivity contribution is 9.10. The normalized spacial score (nSPS) is 12.5. The van der Waals surface area contributed by atoms with Gasteiger partial charge in [-0.1, -0.05) is 15.9 Å². The zero-order chi connectivity index (χ0) is 13.5. The lowest BCUT2D eigenvalue weighted by Crippen LogP contribution is -2.28. The molecule has 1 N–H and O–H groups in total. The molecule has 0 aliphatic carbocycles. The molecule has 0 fully saturated rings. The van der Waals surface area contributed by atoms with Crippen molar-refractivity contribution < 1.29 is 9.84 Å². The Kier molecular flexibility index (Phi) is 6.68. The van der Waals surface area contributed by atoms with Crippen LogP contribution in [-0.2, 0) is 4.74 Å². The van der Waals surface area contributed by atoms with Gasteiger partial charge < -0.3 is 14.7 Å². The summed E-state index contributed by atoms with van der Waals surface area (Å²) in [5, 5.41) is 9.87. The van der Waals surface area contributed by atoms with Crippen molar-refractivity contribution in [2.24, 2.45) is 0 Å². The molecular formula is C14H22BrNO2. The molecule has 1 unspecified atom stereocenters. The summed E-state index contributed by atoms with van der Waals surface area (Å²) in [6.45, 7) is 9.08. The molecule has 0 spiro atoms. The molecule has 0 aromatic heterocycles. The molecule has 4 heteroatoms. The van der Waals surface area contributed by atoms with E-state index in [1.807, 2.05) is 25.1 Å². The summed E-state index contributed by atoms with van der Waals surface area (Å²) in [4.78, 5) is 2.23. The van der Waals surface area contributed by atoms with Crippen molar-refractivity contribution in [3.8, 4) is 0 Å². The van der Waals surface area contributed by atoms with E-state index < -0.39 is 6.10 Å². The van der Waals surface area contributed by atoms with Gasteiger partial charge in [0.15, 0.2) is 0 Å². The van der Waals surface area contributed by atoms with Gasteiger partial charge in [0.05, 0.1) is 12.7 Å². The fourth-order valence-electron chi connectivity index (χ4n) is 1.92. The molecule has 3 nitrogen and oxygen atoms in total. The van der Waals surface area contributed by atoms with Crippen LogP contribution < -0.4 is 4.90 Å². The van der Waals surface area contributed by atoms with Crippen LogP contribution in [0.4, 0.5) is 5.69 Å². The number of anilines is 1. The average molecular weight is 316 g/mol. The van der Waals surface area contributed by atoms with E-state index in [2.05, 4.69) is 27.8 Å². The average Bonchev–Trinajstić information content (AvgIpc) is 2.35. The van der Waals surface area contributed by atoms with E-state index in [1.165, 1.54) is 0 Å². The number of ether oxygens (including phenoxy) is 1. The van der Waals surface area contributed by atoms with Crippen LogP contribution in [0, 0.1) is 0 Å². The molecule has 0 bridgehead atoms. The van der Waals surface area contributed by atoms with Gasteiger partial charge in [-0.2, -0.15) is 0 Å². The van der Waals surface area contributed by atoms with Crippen molar-refractivity contribution in [2.75, 3.05) is 31.2 Å². The number of hydrogen-bond donors (Lipinski definition) is 1. The maximum absolute atomic E-state index is 9.87. The molecule has 0 aliphatic heterocycles. The van der Waals surface area contributed by atoms with E-state index in [4.69, 9.17) is 4.74 Å². The van der Waals surface area contributed by atoms with Gasteiger partial charge in [0.1, 0.15) is 0 Å². The summed E-state index contributed by atoms with van der Waals surface area (Å²) in [5.74, 6) is 0. The van der Waals surface area contributed by atoms with Crippen LogP contribution in [0.1, 0.15) is 32.4 Å².